The standard InChI is InChI=1S/C16H10FN3O2S/c1-9-15(10-2-4-11(17)5-3-10)18-16-19(9)13-7-6-12(20(21)22)8-14(13)23-16/h2-8H,1H3. The average molecular weight is 327 g/mol. The Morgan fingerprint density at radius 1 is 1.22 bits per heavy atom. The molecule has 0 amide bonds. The van der Waals surface area contributed by atoms with Crippen LogP contribution in [0.2, 0.25) is 0 Å². The number of nitrogens with zero attached hydrogens (tertiary/aromatic N) is 3. The number of hydrogen-bond donors (Lipinski definition) is 0. The second-order valence-electron chi connectivity index (χ2n) is 5.18. The first-order chi connectivity index (χ1) is 11.0. The van der Waals surface area contributed by atoms with Gasteiger partial charge in [-0.2, -0.15) is 0 Å². The Labute approximate surface area is 133 Å². The minimum Gasteiger partial charge on any atom is -0.287 e. The Kier molecular flexibility index (Phi) is 2.92. The van der Waals surface area contributed by atoms with Gasteiger partial charge in [-0.3, -0.25) is 14.5 Å². The van der Waals surface area contributed by atoms with E-state index in [0.29, 0.717) is 0 Å². The number of non-ortho nitro benzene ring substituents is 1. The molecule has 0 saturated carbocycles. The molecule has 0 aliphatic heterocycles. The number of aromatic nitrogens is 2. The second kappa shape index (κ2) is 4.85. The van der Waals surface area contributed by atoms with Crippen molar-refractivity contribution in [3.05, 3.63) is 64.1 Å². The highest BCUT2D eigenvalue weighted by molar-refractivity contribution is 7.23. The van der Waals surface area contributed by atoms with Gasteiger partial charge in [0.2, 0.25) is 0 Å². The molecular formula is C16H10FN3O2S. The van der Waals surface area contributed by atoms with Crippen LogP contribution in [0.1, 0.15) is 5.69 Å². The first kappa shape index (κ1) is 13.8. The Morgan fingerprint density at radius 3 is 2.65 bits per heavy atom. The fraction of sp³-hybridized carbons (Fsp3) is 0.0625. The lowest BCUT2D eigenvalue weighted by atomic mass is 10.1. The van der Waals surface area contributed by atoms with E-state index in [0.717, 1.165) is 32.1 Å². The number of halogens is 1. The van der Waals surface area contributed by atoms with Gasteiger partial charge in [-0.05, 0) is 37.3 Å². The molecule has 2 aromatic heterocycles. The third-order valence-electron chi connectivity index (χ3n) is 3.79. The van der Waals surface area contributed by atoms with Gasteiger partial charge in [0.15, 0.2) is 4.96 Å². The van der Waals surface area contributed by atoms with E-state index in [1.165, 1.54) is 29.5 Å². The van der Waals surface area contributed by atoms with Crippen LogP contribution in [0.5, 0.6) is 0 Å². The molecule has 0 radical (unpaired) electrons. The lowest BCUT2D eigenvalue weighted by Crippen LogP contribution is -1.89. The van der Waals surface area contributed by atoms with Crippen LogP contribution in [0.15, 0.2) is 42.5 Å². The van der Waals surface area contributed by atoms with Crippen molar-refractivity contribution in [2.75, 3.05) is 0 Å². The van der Waals surface area contributed by atoms with Crippen molar-refractivity contribution in [1.82, 2.24) is 9.38 Å². The van der Waals surface area contributed by atoms with Crippen molar-refractivity contribution in [1.29, 1.82) is 0 Å². The molecule has 0 saturated heterocycles. The molecule has 5 nitrogen and oxygen atoms in total. The smallest absolute Gasteiger partial charge is 0.270 e. The summed E-state index contributed by atoms with van der Waals surface area (Å²) in [4.78, 5) is 15.9. The summed E-state index contributed by atoms with van der Waals surface area (Å²) in [6.45, 7) is 1.94. The molecule has 114 valence electrons. The maximum atomic E-state index is 13.1. The fourth-order valence-corrected chi connectivity index (χ4v) is 3.79. The van der Waals surface area contributed by atoms with Crippen LogP contribution in [0.25, 0.3) is 26.4 Å². The van der Waals surface area contributed by atoms with Crippen LogP contribution < -0.4 is 0 Å². The van der Waals surface area contributed by atoms with E-state index >= 15 is 0 Å². The van der Waals surface area contributed by atoms with Gasteiger partial charge >= 0.3 is 0 Å². The molecule has 0 atom stereocenters. The second-order valence-corrected chi connectivity index (χ2v) is 6.19. The van der Waals surface area contributed by atoms with E-state index < -0.39 is 4.92 Å². The number of rotatable bonds is 2. The number of fused-ring (bicyclic) bond motifs is 3. The highest BCUT2D eigenvalue weighted by atomic mass is 32.1. The molecule has 23 heavy (non-hydrogen) atoms. The normalized spacial score (nSPS) is 11.4. The Balaban J connectivity index is 1.95. The van der Waals surface area contributed by atoms with E-state index in [2.05, 4.69) is 4.98 Å². The molecule has 4 rings (SSSR count). The fourth-order valence-electron chi connectivity index (χ4n) is 2.69. The molecular weight excluding hydrogens is 317 g/mol. The molecule has 0 N–H and O–H groups in total. The van der Waals surface area contributed by atoms with E-state index in [9.17, 15) is 14.5 Å². The van der Waals surface area contributed by atoms with E-state index in [1.54, 1.807) is 24.3 Å². The van der Waals surface area contributed by atoms with Crippen molar-refractivity contribution in [2.24, 2.45) is 0 Å². The van der Waals surface area contributed by atoms with Gasteiger partial charge in [0.25, 0.3) is 5.69 Å². The summed E-state index contributed by atoms with van der Waals surface area (Å²) in [5.74, 6) is -0.287. The number of imidazole rings is 1. The molecule has 2 aromatic carbocycles. The van der Waals surface area contributed by atoms with Gasteiger partial charge in [-0.1, -0.05) is 11.3 Å². The predicted octanol–water partition coefficient (Wildman–Crippen LogP) is 4.57. The van der Waals surface area contributed by atoms with Crippen LogP contribution in [0.4, 0.5) is 10.1 Å². The number of nitro groups is 1. The van der Waals surface area contributed by atoms with Crippen LogP contribution in [0.3, 0.4) is 0 Å². The predicted molar refractivity (Wildman–Crippen MR) is 87.4 cm³/mol. The molecule has 0 fully saturated rings. The van der Waals surface area contributed by atoms with Crippen molar-refractivity contribution in [2.45, 2.75) is 6.92 Å². The molecule has 4 aromatic rings. The molecule has 0 bridgehead atoms. The van der Waals surface area contributed by atoms with Gasteiger partial charge in [-0.25, -0.2) is 9.37 Å². The number of benzene rings is 2. The monoisotopic (exact) mass is 327 g/mol. The summed E-state index contributed by atoms with van der Waals surface area (Å²) in [5, 5.41) is 10.9. The first-order valence-electron chi connectivity index (χ1n) is 6.86. The maximum absolute atomic E-state index is 13.1. The van der Waals surface area contributed by atoms with Gasteiger partial charge in [0.05, 0.1) is 20.8 Å². The van der Waals surface area contributed by atoms with Crippen molar-refractivity contribution in [3.63, 3.8) is 0 Å². The summed E-state index contributed by atoms with van der Waals surface area (Å²) in [6, 6.07) is 11.0. The van der Waals surface area contributed by atoms with Gasteiger partial charge in [-0.15, -0.1) is 0 Å². The lowest BCUT2D eigenvalue weighted by Gasteiger charge is -2.00. The Bertz CT molecular complexity index is 1070. The SMILES string of the molecule is Cc1c(-c2ccc(F)cc2)nc2sc3cc([N+](=O)[O-])ccc3n12. The zero-order valence-corrected chi connectivity index (χ0v) is 12.8. The third-order valence-corrected chi connectivity index (χ3v) is 4.79. The van der Waals surface area contributed by atoms with Crippen molar-refractivity contribution in [3.8, 4) is 11.3 Å². The van der Waals surface area contributed by atoms with E-state index in [4.69, 9.17) is 0 Å². The van der Waals surface area contributed by atoms with Crippen molar-refractivity contribution < 1.29 is 9.31 Å². The largest absolute Gasteiger partial charge is 0.287 e. The third kappa shape index (κ3) is 2.08. The van der Waals surface area contributed by atoms with Crippen LogP contribution >= 0.6 is 11.3 Å². The molecule has 0 spiro atoms. The Morgan fingerprint density at radius 2 is 1.96 bits per heavy atom. The van der Waals surface area contributed by atoms with Crippen molar-refractivity contribution >= 4 is 32.2 Å². The summed E-state index contributed by atoms with van der Waals surface area (Å²) in [5.41, 5.74) is 3.51. The minimum atomic E-state index is -0.404. The summed E-state index contributed by atoms with van der Waals surface area (Å²) < 4.78 is 15.9. The summed E-state index contributed by atoms with van der Waals surface area (Å²) in [7, 11) is 0. The molecule has 7 heteroatoms. The quantitative estimate of drug-likeness (QED) is 0.400. The zero-order valence-electron chi connectivity index (χ0n) is 12.0. The van der Waals surface area contributed by atoms with Gasteiger partial charge in [0.1, 0.15) is 5.82 Å². The van der Waals surface area contributed by atoms with Crippen LogP contribution in [-0.2, 0) is 0 Å². The molecule has 0 aliphatic carbocycles. The number of nitro benzene ring substituents is 1. The maximum Gasteiger partial charge on any atom is 0.270 e. The number of thiazole rings is 1. The zero-order chi connectivity index (χ0) is 16.1. The van der Waals surface area contributed by atoms with Gasteiger partial charge < -0.3 is 0 Å². The molecule has 0 aliphatic rings. The highest BCUT2D eigenvalue weighted by Crippen LogP contribution is 2.34. The van der Waals surface area contributed by atoms with E-state index in [-0.39, 0.29) is 11.5 Å². The topological polar surface area (TPSA) is 60.4 Å². The van der Waals surface area contributed by atoms with Gasteiger partial charge in [0, 0.05) is 23.4 Å². The lowest BCUT2D eigenvalue weighted by molar-refractivity contribution is -0.384. The molecule has 0 unspecified atom stereocenters. The minimum absolute atomic E-state index is 0.0680. The highest BCUT2D eigenvalue weighted by Gasteiger charge is 2.17. The first-order valence-corrected chi connectivity index (χ1v) is 7.68. The Hall–Kier alpha value is -2.80. The van der Waals surface area contributed by atoms with Crippen LogP contribution in [-0.4, -0.2) is 14.3 Å². The summed E-state index contributed by atoms with van der Waals surface area (Å²) >= 11 is 1.40. The molecule has 2 heterocycles. The average Bonchev–Trinajstić information content (AvgIpc) is 3.04. The van der Waals surface area contributed by atoms with E-state index in [1.807, 2.05) is 11.3 Å². The number of hydrogen-bond acceptors (Lipinski definition) is 4. The summed E-state index contributed by atoms with van der Waals surface area (Å²) in [6.07, 6.45) is 0. The van der Waals surface area contributed by atoms with Crippen LogP contribution in [0, 0.1) is 22.9 Å². The number of aryl methyl sites for hydroxylation is 1.